The largest absolute Gasteiger partial charge is 0.493 e. The Hall–Kier alpha value is -3.02. The first kappa shape index (κ1) is 18.3. The number of ether oxygens (including phenoxy) is 2. The molecule has 6 nitrogen and oxygen atoms in total. The van der Waals surface area contributed by atoms with E-state index in [9.17, 15) is 9.59 Å². The van der Waals surface area contributed by atoms with Gasteiger partial charge in [-0.15, -0.1) is 0 Å². The lowest BCUT2D eigenvalue weighted by atomic mass is 10.1. The van der Waals surface area contributed by atoms with Crippen LogP contribution in [0.4, 0.5) is 11.4 Å². The highest BCUT2D eigenvalue weighted by Gasteiger charge is 2.41. The summed E-state index contributed by atoms with van der Waals surface area (Å²) in [6, 6.07) is 13.5. The molecule has 2 heterocycles. The van der Waals surface area contributed by atoms with Crippen molar-refractivity contribution in [2.75, 3.05) is 30.6 Å². The number of anilines is 2. The molecule has 0 N–H and O–H groups in total. The van der Waals surface area contributed by atoms with Crippen molar-refractivity contribution in [1.29, 1.82) is 0 Å². The third kappa shape index (κ3) is 2.99. The normalized spacial score (nSPS) is 21.0. The topological polar surface area (TPSA) is 59.1 Å². The summed E-state index contributed by atoms with van der Waals surface area (Å²) in [5.74, 6) is 0.784. The number of carbonyl (C=O) groups is 2. The average molecular weight is 380 g/mol. The molecule has 2 aliphatic heterocycles. The van der Waals surface area contributed by atoms with Crippen LogP contribution >= 0.6 is 0 Å². The number of rotatable bonds is 4. The molecular weight excluding hydrogens is 356 g/mol. The average Bonchev–Trinajstić information content (AvgIpc) is 3.26. The van der Waals surface area contributed by atoms with Gasteiger partial charge in [-0.05, 0) is 37.1 Å². The van der Waals surface area contributed by atoms with E-state index >= 15 is 0 Å². The van der Waals surface area contributed by atoms with Crippen LogP contribution in [0.25, 0.3) is 0 Å². The lowest BCUT2D eigenvalue weighted by molar-refractivity contribution is -0.124. The number of methoxy groups -OCH3 is 2. The minimum atomic E-state index is -0.353. The van der Waals surface area contributed by atoms with Crippen LogP contribution < -0.4 is 19.3 Å². The monoisotopic (exact) mass is 380 g/mol. The number of amides is 2. The van der Waals surface area contributed by atoms with Crippen LogP contribution in [0.15, 0.2) is 42.5 Å². The zero-order valence-electron chi connectivity index (χ0n) is 16.3. The van der Waals surface area contributed by atoms with Crippen molar-refractivity contribution in [1.82, 2.24) is 0 Å². The molecular formula is C22H24N2O4. The van der Waals surface area contributed by atoms with Gasteiger partial charge in [0.1, 0.15) is 0 Å². The highest BCUT2D eigenvalue weighted by atomic mass is 16.5. The maximum atomic E-state index is 13.3. The Balaban J connectivity index is 1.56. The smallest absolute Gasteiger partial charge is 0.232 e. The Morgan fingerprint density at radius 3 is 2.54 bits per heavy atom. The third-order valence-electron chi connectivity index (χ3n) is 5.60. The Morgan fingerprint density at radius 1 is 1.04 bits per heavy atom. The predicted molar refractivity (Wildman–Crippen MR) is 107 cm³/mol. The molecule has 2 atom stereocenters. The van der Waals surface area contributed by atoms with E-state index in [0.29, 0.717) is 23.7 Å². The zero-order valence-corrected chi connectivity index (χ0v) is 16.3. The molecule has 0 aromatic heterocycles. The van der Waals surface area contributed by atoms with Crippen molar-refractivity contribution < 1.29 is 19.1 Å². The molecule has 2 aliphatic rings. The number of benzene rings is 2. The third-order valence-corrected chi connectivity index (χ3v) is 5.60. The molecule has 0 aliphatic carbocycles. The molecule has 0 radical (unpaired) electrons. The van der Waals surface area contributed by atoms with Gasteiger partial charge in [0.15, 0.2) is 11.5 Å². The number of carbonyl (C=O) groups excluding carboxylic acids is 2. The summed E-state index contributed by atoms with van der Waals surface area (Å²) in [5, 5.41) is 0. The summed E-state index contributed by atoms with van der Waals surface area (Å²) >= 11 is 0. The van der Waals surface area contributed by atoms with E-state index in [-0.39, 0.29) is 30.2 Å². The van der Waals surface area contributed by atoms with Gasteiger partial charge in [0.2, 0.25) is 11.8 Å². The highest BCUT2D eigenvalue weighted by Crippen LogP contribution is 2.37. The summed E-state index contributed by atoms with van der Waals surface area (Å²) in [7, 11) is 3.13. The Morgan fingerprint density at radius 2 is 1.79 bits per heavy atom. The van der Waals surface area contributed by atoms with E-state index in [0.717, 1.165) is 12.1 Å². The van der Waals surface area contributed by atoms with Gasteiger partial charge >= 0.3 is 0 Å². The molecule has 2 aromatic rings. The molecule has 2 aromatic carbocycles. The molecule has 0 saturated carbocycles. The first-order valence-electron chi connectivity index (χ1n) is 9.47. The zero-order chi connectivity index (χ0) is 19.8. The van der Waals surface area contributed by atoms with Gasteiger partial charge in [-0.3, -0.25) is 9.59 Å². The summed E-state index contributed by atoms with van der Waals surface area (Å²) in [4.78, 5) is 29.5. The van der Waals surface area contributed by atoms with E-state index < -0.39 is 0 Å². The Bertz CT molecular complexity index is 927. The minimum Gasteiger partial charge on any atom is -0.493 e. The van der Waals surface area contributed by atoms with Gasteiger partial charge in [-0.25, -0.2) is 0 Å². The molecule has 4 rings (SSSR count). The Labute approximate surface area is 164 Å². The number of para-hydroxylation sites is 1. The molecule has 2 amide bonds. The van der Waals surface area contributed by atoms with Crippen LogP contribution in [0.2, 0.25) is 0 Å². The van der Waals surface area contributed by atoms with Gasteiger partial charge in [-0.2, -0.15) is 0 Å². The lowest BCUT2D eigenvalue weighted by Crippen LogP contribution is -2.41. The van der Waals surface area contributed by atoms with Gasteiger partial charge < -0.3 is 19.3 Å². The predicted octanol–water partition coefficient (Wildman–Crippen LogP) is 3.03. The maximum Gasteiger partial charge on any atom is 0.232 e. The second kappa shape index (κ2) is 7.19. The summed E-state index contributed by atoms with van der Waals surface area (Å²) in [5.41, 5.74) is 2.87. The second-order valence-electron chi connectivity index (χ2n) is 7.33. The van der Waals surface area contributed by atoms with E-state index in [2.05, 4.69) is 13.0 Å². The fourth-order valence-corrected chi connectivity index (χ4v) is 4.21. The number of nitrogens with zero attached hydrogens (tertiary/aromatic N) is 2. The molecule has 146 valence electrons. The van der Waals surface area contributed by atoms with Crippen LogP contribution in [0.1, 0.15) is 18.9 Å². The number of hydrogen-bond acceptors (Lipinski definition) is 4. The quantitative estimate of drug-likeness (QED) is 0.818. The first-order valence-corrected chi connectivity index (χ1v) is 9.47. The van der Waals surface area contributed by atoms with Crippen LogP contribution in [-0.4, -0.2) is 38.6 Å². The molecule has 1 saturated heterocycles. The molecule has 0 spiro atoms. The van der Waals surface area contributed by atoms with E-state index in [1.54, 1.807) is 31.3 Å². The first-order chi connectivity index (χ1) is 13.5. The van der Waals surface area contributed by atoms with Gasteiger partial charge in [0.25, 0.3) is 0 Å². The standard InChI is InChI=1S/C22H24N2O4/c1-14-10-15-6-4-5-7-18(15)24(14)22(26)16-11-21(25)23(13-16)17-8-9-19(27-2)20(12-17)28-3/h4-9,12,14,16H,10-11,13H2,1-3H3. The molecule has 28 heavy (non-hydrogen) atoms. The van der Waals surface area contributed by atoms with Gasteiger partial charge in [-0.1, -0.05) is 18.2 Å². The van der Waals surface area contributed by atoms with Gasteiger partial charge in [0, 0.05) is 36.4 Å². The fourth-order valence-electron chi connectivity index (χ4n) is 4.21. The van der Waals surface area contributed by atoms with E-state index in [1.165, 1.54) is 5.56 Å². The van der Waals surface area contributed by atoms with Crippen molar-refractivity contribution in [3.8, 4) is 11.5 Å². The summed E-state index contributed by atoms with van der Waals surface area (Å²) in [6.07, 6.45) is 1.07. The maximum absolute atomic E-state index is 13.3. The van der Waals surface area contributed by atoms with Crippen LogP contribution in [0, 0.1) is 5.92 Å². The van der Waals surface area contributed by atoms with Crippen molar-refractivity contribution in [2.45, 2.75) is 25.8 Å². The molecule has 6 heteroatoms. The van der Waals surface area contributed by atoms with E-state index in [4.69, 9.17) is 9.47 Å². The minimum absolute atomic E-state index is 0.0220. The fraction of sp³-hybridized carbons (Fsp3) is 0.364. The second-order valence-corrected chi connectivity index (χ2v) is 7.33. The van der Waals surface area contributed by atoms with Crippen molar-refractivity contribution >= 4 is 23.2 Å². The summed E-state index contributed by atoms with van der Waals surface area (Å²) < 4.78 is 10.6. The van der Waals surface area contributed by atoms with Crippen LogP contribution in [-0.2, 0) is 16.0 Å². The highest BCUT2D eigenvalue weighted by molar-refractivity contribution is 6.05. The van der Waals surface area contributed by atoms with Crippen molar-refractivity contribution in [3.63, 3.8) is 0 Å². The number of fused-ring (bicyclic) bond motifs is 1. The van der Waals surface area contributed by atoms with E-state index in [1.807, 2.05) is 29.2 Å². The SMILES string of the molecule is COc1ccc(N2CC(C(=O)N3c4ccccc4CC3C)CC2=O)cc1OC. The number of hydrogen-bond donors (Lipinski definition) is 0. The van der Waals surface area contributed by atoms with Crippen LogP contribution in [0.5, 0.6) is 11.5 Å². The molecule has 1 fully saturated rings. The lowest BCUT2D eigenvalue weighted by Gasteiger charge is -2.26. The van der Waals surface area contributed by atoms with Crippen LogP contribution in [0.3, 0.4) is 0 Å². The molecule has 2 unspecified atom stereocenters. The van der Waals surface area contributed by atoms with Gasteiger partial charge in [0.05, 0.1) is 20.1 Å². The summed E-state index contributed by atoms with van der Waals surface area (Å²) in [6.45, 7) is 2.43. The molecule has 0 bridgehead atoms. The Kier molecular flexibility index (Phi) is 4.71. The van der Waals surface area contributed by atoms with Crippen molar-refractivity contribution in [2.24, 2.45) is 5.92 Å². The van der Waals surface area contributed by atoms with Crippen molar-refractivity contribution in [3.05, 3.63) is 48.0 Å².